The zero-order chi connectivity index (χ0) is 18.7. The highest BCUT2D eigenvalue weighted by atomic mass is 16.5. The SMILES string of the molecule is Cc1cccc(Oc2ccccc2NC(=O)N2CCC(C)(C(=O)O)C2)c1. The first kappa shape index (κ1) is 17.8. The summed E-state index contributed by atoms with van der Waals surface area (Å²) in [5.41, 5.74) is 0.728. The molecule has 26 heavy (non-hydrogen) atoms. The summed E-state index contributed by atoms with van der Waals surface area (Å²) in [7, 11) is 0. The smallest absolute Gasteiger partial charge is 0.321 e. The molecular weight excluding hydrogens is 332 g/mol. The number of aliphatic carboxylic acids is 1. The van der Waals surface area contributed by atoms with E-state index >= 15 is 0 Å². The molecule has 1 unspecified atom stereocenters. The van der Waals surface area contributed by atoms with E-state index in [4.69, 9.17) is 4.74 Å². The lowest BCUT2D eigenvalue weighted by molar-refractivity contribution is -0.146. The van der Waals surface area contributed by atoms with Crippen LogP contribution in [0.2, 0.25) is 0 Å². The largest absolute Gasteiger partial charge is 0.481 e. The Labute approximate surface area is 152 Å². The average Bonchev–Trinajstić information content (AvgIpc) is 3.01. The normalized spacial score (nSPS) is 19.2. The number of benzene rings is 2. The van der Waals surface area contributed by atoms with Gasteiger partial charge in [-0.25, -0.2) is 4.79 Å². The van der Waals surface area contributed by atoms with Crippen molar-refractivity contribution in [2.75, 3.05) is 18.4 Å². The molecule has 1 heterocycles. The van der Waals surface area contributed by atoms with Crippen molar-refractivity contribution < 1.29 is 19.4 Å². The number of carboxylic acids is 1. The second-order valence-electron chi connectivity index (χ2n) is 6.88. The Kier molecular flexibility index (Phi) is 4.84. The van der Waals surface area contributed by atoms with E-state index in [1.807, 2.05) is 43.3 Å². The Hall–Kier alpha value is -3.02. The summed E-state index contributed by atoms with van der Waals surface area (Å²) < 4.78 is 5.91. The number of rotatable bonds is 4. The number of carbonyl (C=O) groups excluding carboxylic acids is 1. The number of likely N-dealkylation sites (tertiary alicyclic amines) is 1. The molecular formula is C20H22N2O4. The predicted molar refractivity (Wildman–Crippen MR) is 98.6 cm³/mol. The van der Waals surface area contributed by atoms with E-state index in [0.29, 0.717) is 30.2 Å². The van der Waals surface area contributed by atoms with Gasteiger partial charge in [0.1, 0.15) is 5.75 Å². The van der Waals surface area contributed by atoms with E-state index in [1.165, 1.54) is 4.90 Å². The van der Waals surface area contributed by atoms with E-state index < -0.39 is 11.4 Å². The Morgan fingerprint density at radius 2 is 1.96 bits per heavy atom. The highest BCUT2D eigenvalue weighted by molar-refractivity contribution is 5.92. The van der Waals surface area contributed by atoms with Gasteiger partial charge in [-0.1, -0.05) is 24.3 Å². The molecule has 3 rings (SSSR count). The average molecular weight is 354 g/mol. The molecule has 1 aliphatic heterocycles. The number of hydrogen-bond acceptors (Lipinski definition) is 3. The summed E-state index contributed by atoms with van der Waals surface area (Å²) in [6.07, 6.45) is 0.442. The van der Waals surface area contributed by atoms with Gasteiger partial charge in [-0.3, -0.25) is 4.79 Å². The standard InChI is InChI=1S/C20H22N2O4/c1-14-6-5-7-15(12-14)26-17-9-4-3-8-16(17)21-19(25)22-11-10-20(2,13-22)18(23)24/h3-9,12H,10-11,13H2,1-2H3,(H,21,25)(H,23,24). The number of para-hydroxylation sites is 2. The number of carboxylic acid groups (broad SMARTS) is 1. The van der Waals surface area contributed by atoms with Crippen molar-refractivity contribution >= 4 is 17.7 Å². The first-order chi connectivity index (χ1) is 12.4. The predicted octanol–water partition coefficient (Wildman–Crippen LogP) is 4.12. The van der Waals surface area contributed by atoms with Gasteiger partial charge in [0, 0.05) is 13.1 Å². The first-order valence-electron chi connectivity index (χ1n) is 8.50. The van der Waals surface area contributed by atoms with Crippen LogP contribution < -0.4 is 10.1 Å². The molecule has 1 fully saturated rings. The number of nitrogens with zero attached hydrogens (tertiary/aromatic N) is 1. The number of hydrogen-bond donors (Lipinski definition) is 2. The van der Waals surface area contributed by atoms with Gasteiger partial charge in [0.2, 0.25) is 0 Å². The molecule has 2 aromatic carbocycles. The Morgan fingerprint density at radius 3 is 2.65 bits per heavy atom. The number of anilines is 1. The van der Waals surface area contributed by atoms with Crippen LogP contribution in [0.15, 0.2) is 48.5 Å². The molecule has 1 aliphatic rings. The van der Waals surface area contributed by atoms with Crippen LogP contribution >= 0.6 is 0 Å². The molecule has 0 aliphatic carbocycles. The third kappa shape index (κ3) is 3.79. The zero-order valence-corrected chi connectivity index (χ0v) is 14.9. The second kappa shape index (κ2) is 7.07. The zero-order valence-electron chi connectivity index (χ0n) is 14.9. The molecule has 1 atom stereocenters. The number of aryl methyl sites for hydroxylation is 1. The van der Waals surface area contributed by atoms with E-state index in [0.717, 1.165) is 5.56 Å². The van der Waals surface area contributed by atoms with Gasteiger partial charge in [0.05, 0.1) is 11.1 Å². The molecule has 2 N–H and O–H groups in total. The van der Waals surface area contributed by atoms with Gasteiger partial charge in [0.25, 0.3) is 0 Å². The van der Waals surface area contributed by atoms with Crippen molar-refractivity contribution in [3.8, 4) is 11.5 Å². The van der Waals surface area contributed by atoms with Gasteiger partial charge < -0.3 is 20.1 Å². The maximum absolute atomic E-state index is 12.6. The van der Waals surface area contributed by atoms with Crippen molar-refractivity contribution in [3.05, 3.63) is 54.1 Å². The van der Waals surface area contributed by atoms with E-state index in [1.54, 1.807) is 19.1 Å². The number of carbonyl (C=O) groups is 2. The van der Waals surface area contributed by atoms with Crippen LogP contribution in [-0.2, 0) is 4.79 Å². The molecule has 6 nitrogen and oxygen atoms in total. The Morgan fingerprint density at radius 1 is 1.19 bits per heavy atom. The summed E-state index contributed by atoms with van der Waals surface area (Å²) in [6.45, 7) is 4.25. The summed E-state index contributed by atoms with van der Waals surface area (Å²) >= 11 is 0. The second-order valence-corrected chi connectivity index (χ2v) is 6.88. The maximum atomic E-state index is 12.6. The quantitative estimate of drug-likeness (QED) is 0.866. The minimum atomic E-state index is -0.894. The van der Waals surface area contributed by atoms with E-state index in [-0.39, 0.29) is 12.6 Å². The van der Waals surface area contributed by atoms with Crippen LogP contribution in [0.3, 0.4) is 0 Å². The lowest BCUT2D eigenvalue weighted by Gasteiger charge is -2.21. The molecule has 0 saturated carbocycles. The van der Waals surface area contributed by atoms with Crippen molar-refractivity contribution in [3.63, 3.8) is 0 Å². The lowest BCUT2D eigenvalue weighted by atomic mass is 9.90. The summed E-state index contributed by atoms with van der Waals surface area (Å²) in [5, 5.41) is 12.1. The highest BCUT2D eigenvalue weighted by Gasteiger charge is 2.42. The van der Waals surface area contributed by atoms with Gasteiger partial charge >= 0.3 is 12.0 Å². The molecule has 0 radical (unpaired) electrons. The van der Waals surface area contributed by atoms with Crippen LogP contribution in [0, 0.1) is 12.3 Å². The monoisotopic (exact) mass is 354 g/mol. The van der Waals surface area contributed by atoms with E-state index in [2.05, 4.69) is 5.32 Å². The number of amides is 2. The third-order valence-electron chi connectivity index (χ3n) is 4.62. The summed E-state index contributed by atoms with van der Waals surface area (Å²) in [4.78, 5) is 25.4. The van der Waals surface area contributed by atoms with Crippen LogP contribution in [0.4, 0.5) is 10.5 Å². The molecule has 6 heteroatoms. The van der Waals surface area contributed by atoms with Crippen LogP contribution in [-0.4, -0.2) is 35.1 Å². The van der Waals surface area contributed by atoms with Crippen LogP contribution in [0.1, 0.15) is 18.9 Å². The van der Waals surface area contributed by atoms with Crippen LogP contribution in [0.25, 0.3) is 0 Å². The minimum Gasteiger partial charge on any atom is -0.481 e. The fraction of sp³-hybridized carbons (Fsp3) is 0.300. The van der Waals surface area contributed by atoms with Gasteiger partial charge in [-0.2, -0.15) is 0 Å². The highest BCUT2D eigenvalue weighted by Crippen LogP contribution is 2.32. The fourth-order valence-corrected chi connectivity index (χ4v) is 2.97. The molecule has 0 bridgehead atoms. The van der Waals surface area contributed by atoms with Crippen molar-refractivity contribution in [2.24, 2.45) is 5.41 Å². The topological polar surface area (TPSA) is 78.9 Å². The van der Waals surface area contributed by atoms with Gasteiger partial charge in [-0.15, -0.1) is 0 Å². The van der Waals surface area contributed by atoms with E-state index in [9.17, 15) is 14.7 Å². The maximum Gasteiger partial charge on any atom is 0.321 e. The minimum absolute atomic E-state index is 0.190. The van der Waals surface area contributed by atoms with Gasteiger partial charge in [0.15, 0.2) is 5.75 Å². The number of nitrogens with one attached hydrogen (secondary N) is 1. The number of ether oxygens (including phenoxy) is 1. The van der Waals surface area contributed by atoms with Crippen LogP contribution in [0.5, 0.6) is 11.5 Å². The van der Waals surface area contributed by atoms with Crippen molar-refractivity contribution in [1.82, 2.24) is 4.90 Å². The molecule has 2 aromatic rings. The Balaban J connectivity index is 1.72. The molecule has 136 valence electrons. The lowest BCUT2D eigenvalue weighted by Crippen LogP contribution is -2.37. The Bertz CT molecular complexity index is 836. The first-order valence-corrected chi connectivity index (χ1v) is 8.50. The van der Waals surface area contributed by atoms with Crippen molar-refractivity contribution in [2.45, 2.75) is 20.3 Å². The summed E-state index contributed by atoms with van der Waals surface area (Å²) in [5.74, 6) is 0.342. The van der Waals surface area contributed by atoms with Gasteiger partial charge in [-0.05, 0) is 50.1 Å². The fourth-order valence-electron chi connectivity index (χ4n) is 2.97. The molecule has 1 saturated heterocycles. The summed E-state index contributed by atoms with van der Waals surface area (Å²) in [6, 6.07) is 14.5. The number of urea groups is 1. The van der Waals surface area contributed by atoms with Crippen molar-refractivity contribution in [1.29, 1.82) is 0 Å². The third-order valence-corrected chi connectivity index (χ3v) is 4.62. The molecule has 2 amide bonds. The molecule has 0 spiro atoms. The molecule has 0 aromatic heterocycles.